The van der Waals surface area contributed by atoms with Crippen molar-refractivity contribution in [3.63, 3.8) is 0 Å². The first-order valence-electron chi connectivity index (χ1n) is 6.88. The maximum atomic E-state index is 12.8. The van der Waals surface area contributed by atoms with E-state index in [-0.39, 0.29) is 5.78 Å². The van der Waals surface area contributed by atoms with Gasteiger partial charge in [-0.15, -0.1) is 11.3 Å². The minimum Gasteiger partial charge on any atom is -0.288 e. The summed E-state index contributed by atoms with van der Waals surface area (Å²) in [6.07, 6.45) is 1.11. The quantitative estimate of drug-likeness (QED) is 0.748. The second-order valence-corrected chi connectivity index (χ2v) is 7.71. The van der Waals surface area contributed by atoms with Gasteiger partial charge in [0.2, 0.25) is 5.78 Å². The zero-order valence-corrected chi connectivity index (χ0v) is 13.7. The van der Waals surface area contributed by atoms with E-state index in [1.807, 2.05) is 25.6 Å². The fraction of sp³-hybridized carbons (Fsp3) is 0.353. The molecule has 0 N–H and O–H groups in total. The van der Waals surface area contributed by atoms with E-state index in [4.69, 9.17) is 0 Å². The Hall–Kier alpha value is -1.06. The van der Waals surface area contributed by atoms with Gasteiger partial charge in [-0.05, 0) is 55.7 Å². The largest absolute Gasteiger partial charge is 0.288 e. The molecule has 0 unspecified atom stereocenters. The topological polar surface area (TPSA) is 17.1 Å². The number of thiophene rings is 1. The molecule has 3 heteroatoms. The van der Waals surface area contributed by atoms with E-state index in [0.717, 1.165) is 33.7 Å². The minimum atomic E-state index is 0.199. The van der Waals surface area contributed by atoms with E-state index in [0.29, 0.717) is 0 Å². The summed E-state index contributed by atoms with van der Waals surface area (Å²) < 4.78 is 0. The molecule has 0 radical (unpaired) electrons. The van der Waals surface area contributed by atoms with Gasteiger partial charge in [0.25, 0.3) is 0 Å². The molecule has 0 spiro atoms. The third-order valence-electron chi connectivity index (χ3n) is 3.76. The van der Waals surface area contributed by atoms with Gasteiger partial charge < -0.3 is 0 Å². The fourth-order valence-corrected chi connectivity index (χ4v) is 5.24. The molecule has 0 saturated heterocycles. The molecule has 1 aliphatic heterocycles. The molecule has 0 atom stereocenters. The van der Waals surface area contributed by atoms with Gasteiger partial charge in [-0.2, -0.15) is 11.8 Å². The smallest absolute Gasteiger partial charge is 0.203 e. The number of ketones is 1. The maximum absolute atomic E-state index is 12.8. The van der Waals surface area contributed by atoms with Gasteiger partial charge in [-0.1, -0.05) is 17.7 Å². The summed E-state index contributed by atoms with van der Waals surface area (Å²) in [4.78, 5) is 15.1. The molecule has 1 aromatic carbocycles. The summed E-state index contributed by atoms with van der Waals surface area (Å²) in [5.74, 6) is 2.44. The highest BCUT2D eigenvalue weighted by atomic mass is 32.2. The van der Waals surface area contributed by atoms with Gasteiger partial charge in [0.1, 0.15) is 0 Å². The van der Waals surface area contributed by atoms with Crippen LogP contribution in [-0.2, 0) is 12.2 Å². The van der Waals surface area contributed by atoms with Gasteiger partial charge in [0, 0.05) is 16.2 Å². The number of thioether (sulfide) groups is 1. The predicted molar refractivity (Wildman–Crippen MR) is 88.3 cm³/mol. The van der Waals surface area contributed by atoms with Gasteiger partial charge in [-0.25, -0.2) is 0 Å². The molecule has 2 aromatic rings. The maximum Gasteiger partial charge on any atom is 0.203 e. The van der Waals surface area contributed by atoms with E-state index in [2.05, 4.69) is 25.1 Å². The Morgan fingerprint density at radius 1 is 1.10 bits per heavy atom. The van der Waals surface area contributed by atoms with Crippen molar-refractivity contribution >= 4 is 28.9 Å². The van der Waals surface area contributed by atoms with Crippen molar-refractivity contribution in [2.24, 2.45) is 0 Å². The van der Waals surface area contributed by atoms with E-state index in [9.17, 15) is 4.79 Å². The zero-order chi connectivity index (χ0) is 14.3. The molecule has 2 heterocycles. The molecular formula is C17H18OS2. The van der Waals surface area contributed by atoms with E-state index < -0.39 is 0 Å². The van der Waals surface area contributed by atoms with E-state index in [1.54, 1.807) is 11.3 Å². The lowest BCUT2D eigenvalue weighted by Crippen LogP contribution is -2.05. The van der Waals surface area contributed by atoms with Crippen LogP contribution in [0.3, 0.4) is 0 Å². The monoisotopic (exact) mass is 302 g/mol. The summed E-state index contributed by atoms with van der Waals surface area (Å²) in [6.45, 7) is 6.16. The van der Waals surface area contributed by atoms with Gasteiger partial charge >= 0.3 is 0 Å². The average molecular weight is 302 g/mol. The Bertz CT molecular complexity index is 636. The number of carbonyl (C=O) groups excluding carboxylic acids is 1. The molecule has 0 bridgehead atoms. The average Bonchev–Trinajstić information content (AvgIpc) is 2.81. The van der Waals surface area contributed by atoms with Crippen LogP contribution in [0.4, 0.5) is 0 Å². The third-order valence-corrected chi connectivity index (χ3v) is 6.00. The Labute approximate surface area is 128 Å². The molecule has 1 aliphatic rings. The van der Waals surface area contributed by atoms with Crippen LogP contribution in [0.5, 0.6) is 0 Å². The molecule has 1 nitrogen and oxygen atoms in total. The highest BCUT2D eigenvalue weighted by Crippen LogP contribution is 2.33. The first kappa shape index (κ1) is 13.9. The van der Waals surface area contributed by atoms with Crippen LogP contribution >= 0.6 is 23.1 Å². The lowest BCUT2D eigenvalue weighted by atomic mass is 9.96. The van der Waals surface area contributed by atoms with Crippen molar-refractivity contribution in [2.75, 3.05) is 5.75 Å². The highest BCUT2D eigenvalue weighted by molar-refractivity contribution is 7.98. The molecule has 0 fully saturated rings. The SMILES string of the molecule is Cc1cc(C)c(C(=O)c2cc3c(s2)CCSC3)c(C)c1. The molecule has 0 amide bonds. The number of carbonyl (C=O) groups is 1. The van der Waals surface area contributed by atoms with Crippen molar-refractivity contribution in [1.29, 1.82) is 0 Å². The number of fused-ring (bicyclic) bond motifs is 1. The number of benzene rings is 1. The highest BCUT2D eigenvalue weighted by Gasteiger charge is 2.20. The van der Waals surface area contributed by atoms with Crippen LogP contribution in [-0.4, -0.2) is 11.5 Å². The normalized spacial score (nSPS) is 14.2. The van der Waals surface area contributed by atoms with Crippen molar-refractivity contribution in [3.05, 3.63) is 55.8 Å². The van der Waals surface area contributed by atoms with Crippen molar-refractivity contribution < 1.29 is 4.79 Å². The summed E-state index contributed by atoms with van der Waals surface area (Å²) in [7, 11) is 0. The van der Waals surface area contributed by atoms with Crippen LogP contribution < -0.4 is 0 Å². The van der Waals surface area contributed by atoms with Crippen molar-refractivity contribution in [1.82, 2.24) is 0 Å². The summed E-state index contributed by atoms with van der Waals surface area (Å²) >= 11 is 3.66. The number of hydrogen-bond donors (Lipinski definition) is 0. The van der Waals surface area contributed by atoms with Crippen LogP contribution in [0.1, 0.15) is 42.4 Å². The molecule has 104 valence electrons. The van der Waals surface area contributed by atoms with E-state index >= 15 is 0 Å². The van der Waals surface area contributed by atoms with Crippen LogP contribution in [0.25, 0.3) is 0 Å². The lowest BCUT2D eigenvalue weighted by Gasteiger charge is -2.09. The number of aryl methyl sites for hydroxylation is 4. The molecule has 3 rings (SSSR count). The number of hydrogen-bond acceptors (Lipinski definition) is 3. The Balaban J connectivity index is 2.03. The molecule has 0 saturated carbocycles. The Morgan fingerprint density at radius 3 is 2.45 bits per heavy atom. The molecular weight excluding hydrogens is 284 g/mol. The summed E-state index contributed by atoms with van der Waals surface area (Å²) in [5, 5.41) is 0. The van der Waals surface area contributed by atoms with Crippen molar-refractivity contribution in [3.8, 4) is 0 Å². The lowest BCUT2D eigenvalue weighted by molar-refractivity contribution is 0.104. The minimum absolute atomic E-state index is 0.199. The van der Waals surface area contributed by atoms with E-state index in [1.165, 1.54) is 21.8 Å². The second kappa shape index (κ2) is 5.38. The summed E-state index contributed by atoms with van der Waals surface area (Å²) in [5.41, 5.74) is 5.67. The fourth-order valence-electron chi connectivity index (χ4n) is 2.92. The number of rotatable bonds is 2. The standard InChI is InChI=1S/C17H18OS2/c1-10-6-11(2)16(12(3)7-10)17(18)15-8-13-9-19-5-4-14(13)20-15/h6-8H,4-5,9H2,1-3H3. The van der Waals surface area contributed by atoms with Gasteiger partial charge in [-0.3, -0.25) is 4.79 Å². The summed E-state index contributed by atoms with van der Waals surface area (Å²) in [6, 6.07) is 6.32. The molecule has 20 heavy (non-hydrogen) atoms. The first-order valence-corrected chi connectivity index (χ1v) is 8.85. The second-order valence-electron chi connectivity index (χ2n) is 5.46. The molecule has 0 aliphatic carbocycles. The Morgan fingerprint density at radius 2 is 1.80 bits per heavy atom. The first-order chi connectivity index (χ1) is 9.56. The molecule has 1 aromatic heterocycles. The third kappa shape index (κ3) is 2.45. The zero-order valence-electron chi connectivity index (χ0n) is 12.1. The van der Waals surface area contributed by atoms with Crippen LogP contribution in [0.15, 0.2) is 18.2 Å². The van der Waals surface area contributed by atoms with Gasteiger partial charge in [0.15, 0.2) is 0 Å². The van der Waals surface area contributed by atoms with Crippen molar-refractivity contribution in [2.45, 2.75) is 32.9 Å². The Kier molecular flexibility index (Phi) is 3.74. The predicted octanol–water partition coefficient (Wildman–Crippen LogP) is 4.69. The van der Waals surface area contributed by atoms with Gasteiger partial charge in [0.05, 0.1) is 4.88 Å². The van der Waals surface area contributed by atoms with Crippen LogP contribution in [0, 0.1) is 20.8 Å². The van der Waals surface area contributed by atoms with Crippen LogP contribution in [0.2, 0.25) is 0 Å².